The molecule has 0 aliphatic carbocycles. The average Bonchev–Trinajstić information content (AvgIpc) is 2.55. The number of hydrogen-bond acceptors (Lipinski definition) is 3. The average molecular weight is 304 g/mol. The van der Waals surface area contributed by atoms with Crippen LogP contribution in [0.2, 0.25) is 0 Å². The highest BCUT2D eigenvalue weighted by Gasteiger charge is 2.25. The summed E-state index contributed by atoms with van der Waals surface area (Å²) in [6, 6.07) is 5.97. The number of ether oxygens (including phenoxy) is 1. The fourth-order valence-corrected chi connectivity index (χ4v) is 2.80. The molecule has 1 amide bonds. The molecule has 1 atom stereocenters. The predicted octanol–water partition coefficient (Wildman–Crippen LogP) is 3.79. The Morgan fingerprint density at radius 3 is 2.73 bits per heavy atom. The van der Waals surface area contributed by atoms with E-state index in [1.807, 2.05) is 23.1 Å². The van der Waals surface area contributed by atoms with Crippen LogP contribution in [0.4, 0.5) is 5.69 Å². The first-order valence-electron chi connectivity index (χ1n) is 8.50. The molecule has 0 fully saturated rings. The Balaban J connectivity index is 2.09. The maximum atomic E-state index is 12.2. The van der Waals surface area contributed by atoms with E-state index in [2.05, 4.69) is 13.8 Å². The van der Waals surface area contributed by atoms with Gasteiger partial charge in [-0.3, -0.25) is 4.79 Å². The summed E-state index contributed by atoms with van der Waals surface area (Å²) in [6.45, 7) is 5.18. The number of carbonyl (C=O) groups excluding carboxylic acids is 1. The molecule has 2 N–H and O–H groups in total. The molecule has 0 bridgehead atoms. The number of anilines is 1. The van der Waals surface area contributed by atoms with E-state index in [0.29, 0.717) is 0 Å². The molecule has 1 heterocycles. The van der Waals surface area contributed by atoms with Gasteiger partial charge < -0.3 is 15.4 Å². The van der Waals surface area contributed by atoms with E-state index in [0.717, 1.165) is 36.4 Å². The highest BCUT2D eigenvalue weighted by molar-refractivity contribution is 5.97. The van der Waals surface area contributed by atoms with Crippen LogP contribution in [0.25, 0.3) is 0 Å². The molecule has 22 heavy (non-hydrogen) atoms. The van der Waals surface area contributed by atoms with E-state index in [1.54, 1.807) is 0 Å². The quantitative estimate of drug-likeness (QED) is 0.743. The summed E-state index contributed by atoms with van der Waals surface area (Å²) in [7, 11) is 0. The van der Waals surface area contributed by atoms with Gasteiger partial charge in [-0.1, -0.05) is 45.6 Å². The Labute approximate surface area is 133 Å². The molecule has 1 aliphatic heterocycles. The minimum Gasteiger partial charge on any atom is -0.482 e. The molecule has 1 unspecified atom stereocenters. The molecular formula is C18H28N2O2. The maximum Gasteiger partial charge on any atom is 0.265 e. The second kappa shape index (κ2) is 8.18. The molecule has 2 rings (SSSR count). The topological polar surface area (TPSA) is 55.6 Å². The molecule has 0 saturated carbocycles. The molecular weight excluding hydrogens is 276 g/mol. The number of amides is 1. The van der Waals surface area contributed by atoms with Crippen LogP contribution in [-0.2, 0) is 4.79 Å². The fourth-order valence-electron chi connectivity index (χ4n) is 2.80. The molecule has 122 valence electrons. The minimum atomic E-state index is 0.00809. The maximum absolute atomic E-state index is 12.2. The number of rotatable bonds is 8. The Kier molecular flexibility index (Phi) is 6.25. The van der Waals surface area contributed by atoms with Crippen LogP contribution in [0.1, 0.15) is 64.0 Å². The Hall–Kier alpha value is -1.55. The molecule has 1 aromatic rings. The largest absolute Gasteiger partial charge is 0.482 e. The van der Waals surface area contributed by atoms with E-state index in [4.69, 9.17) is 10.5 Å². The Bertz CT molecular complexity index is 502. The van der Waals surface area contributed by atoms with Gasteiger partial charge in [-0.25, -0.2) is 0 Å². The molecule has 0 radical (unpaired) electrons. The van der Waals surface area contributed by atoms with Gasteiger partial charge in [-0.05, 0) is 30.5 Å². The van der Waals surface area contributed by atoms with Crippen LogP contribution < -0.4 is 15.4 Å². The number of nitrogens with zero attached hydrogens (tertiary/aromatic N) is 1. The van der Waals surface area contributed by atoms with Gasteiger partial charge in [-0.15, -0.1) is 0 Å². The molecule has 1 aromatic carbocycles. The van der Waals surface area contributed by atoms with Gasteiger partial charge in [-0.2, -0.15) is 0 Å². The van der Waals surface area contributed by atoms with Crippen LogP contribution in [0.3, 0.4) is 0 Å². The summed E-state index contributed by atoms with van der Waals surface area (Å²) in [4.78, 5) is 14.1. The monoisotopic (exact) mass is 304 g/mol. The standard InChI is InChI=1S/C18H28N2O2/c1-3-5-6-7-8-11-20-16-12-14(15(19)4-2)9-10-17(16)22-13-18(20)21/h9-10,12,15H,3-8,11,13,19H2,1-2H3. The van der Waals surface area contributed by atoms with Crippen LogP contribution in [0, 0.1) is 0 Å². The molecule has 1 aliphatic rings. The lowest BCUT2D eigenvalue weighted by Crippen LogP contribution is -2.39. The van der Waals surface area contributed by atoms with E-state index in [-0.39, 0.29) is 18.6 Å². The highest BCUT2D eigenvalue weighted by atomic mass is 16.5. The van der Waals surface area contributed by atoms with Gasteiger partial charge in [0, 0.05) is 12.6 Å². The lowest BCUT2D eigenvalue weighted by molar-refractivity contribution is -0.121. The van der Waals surface area contributed by atoms with Gasteiger partial charge in [0.2, 0.25) is 0 Å². The second-order valence-corrected chi connectivity index (χ2v) is 5.99. The van der Waals surface area contributed by atoms with Crippen molar-refractivity contribution in [1.29, 1.82) is 0 Å². The van der Waals surface area contributed by atoms with E-state index >= 15 is 0 Å². The lowest BCUT2D eigenvalue weighted by Gasteiger charge is -2.30. The van der Waals surface area contributed by atoms with Crippen molar-refractivity contribution in [3.8, 4) is 5.75 Å². The number of unbranched alkanes of at least 4 members (excludes halogenated alkanes) is 4. The predicted molar refractivity (Wildman–Crippen MR) is 90.3 cm³/mol. The minimum absolute atomic E-state index is 0.00809. The van der Waals surface area contributed by atoms with E-state index in [1.165, 1.54) is 25.7 Å². The smallest absolute Gasteiger partial charge is 0.265 e. The van der Waals surface area contributed by atoms with Crippen molar-refractivity contribution in [2.75, 3.05) is 18.1 Å². The summed E-state index contributed by atoms with van der Waals surface area (Å²) < 4.78 is 5.55. The van der Waals surface area contributed by atoms with Gasteiger partial charge in [0.15, 0.2) is 6.61 Å². The van der Waals surface area contributed by atoms with Crippen molar-refractivity contribution in [3.63, 3.8) is 0 Å². The van der Waals surface area contributed by atoms with Gasteiger partial charge in [0.25, 0.3) is 5.91 Å². The number of nitrogens with two attached hydrogens (primary N) is 1. The normalized spacial score (nSPS) is 15.4. The summed E-state index contributed by atoms with van der Waals surface area (Å²) >= 11 is 0. The van der Waals surface area contributed by atoms with Crippen molar-refractivity contribution in [1.82, 2.24) is 0 Å². The summed E-state index contributed by atoms with van der Waals surface area (Å²) in [6.07, 6.45) is 6.82. The van der Waals surface area contributed by atoms with Crippen molar-refractivity contribution < 1.29 is 9.53 Å². The van der Waals surface area contributed by atoms with E-state index in [9.17, 15) is 4.79 Å². The first-order chi connectivity index (χ1) is 10.7. The van der Waals surface area contributed by atoms with Crippen LogP contribution in [0.15, 0.2) is 18.2 Å². The Morgan fingerprint density at radius 1 is 1.23 bits per heavy atom. The fraction of sp³-hybridized carbons (Fsp3) is 0.611. The number of hydrogen-bond donors (Lipinski definition) is 1. The molecule has 0 aromatic heterocycles. The number of carbonyl (C=O) groups is 1. The lowest BCUT2D eigenvalue weighted by atomic mass is 10.0. The zero-order valence-electron chi connectivity index (χ0n) is 13.8. The van der Waals surface area contributed by atoms with Gasteiger partial charge in [0.05, 0.1) is 5.69 Å². The van der Waals surface area contributed by atoms with Crippen molar-refractivity contribution in [3.05, 3.63) is 23.8 Å². The van der Waals surface area contributed by atoms with Gasteiger partial charge >= 0.3 is 0 Å². The summed E-state index contributed by atoms with van der Waals surface area (Å²) in [5.74, 6) is 0.838. The van der Waals surface area contributed by atoms with Crippen molar-refractivity contribution in [2.45, 2.75) is 58.4 Å². The SMILES string of the molecule is CCCCCCCN1C(=O)COc2ccc(C(N)CC)cc21. The van der Waals surface area contributed by atoms with Crippen LogP contribution >= 0.6 is 0 Å². The zero-order chi connectivity index (χ0) is 15.9. The summed E-state index contributed by atoms with van der Waals surface area (Å²) in [5.41, 5.74) is 8.07. The molecule has 0 saturated heterocycles. The second-order valence-electron chi connectivity index (χ2n) is 5.99. The molecule has 4 nitrogen and oxygen atoms in total. The van der Waals surface area contributed by atoms with Crippen molar-refractivity contribution >= 4 is 11.6 Å². The molecule has 0 spiro atoms. The third-order valence-electron chi connectivity index (χ3n) is 4.28. The number of fused-ring (bicyclic) bond motifs is 1. The summed E-state index contributed by atoms with van der Waals surface area (Å²) in [5, 5.41) is 0. The first kappa shape index (κ1) is 16.8. The molecule has 4 heteroatoms. The van der Waals surface area contributed by atoms with Crippen molar-refractivity contribution in [2.24, 2.45) is 5.73 Å². The third-order valence-corrected chi connectivity index (χ3v) is 4.28. The Morgan fingerprint density at radius 2 is 2.00 bits per heavy atom. The third kappa shape index (κ3) is 4.01. The van der Waals surface area contributed by atoms with Crippen LogP contribution in [0.5, 0.6) is 5.75 Å². The zero-order valence-corrected chi connectivity index (χ0v) is 13.8. The highest BCUT2D eigenvalue weighted by Crippen LogP contribution is 2.34. The number of benzene rings is 1. The van der Waals surface area contributed by atoms with Gasteiger partial charge in [0.1, 0.15) is 5.75 Å². The first-order valence-corrected chi connectivity index (χ1v) is 8.50. The van der Waals surface area contributed by atoms with Crippen LogP contribution in [-0.4, -0.2) is 19.1 Å². The van der Waals surface area contributed by atoms with E-state index < -0.39 is 0 Å².